The second-order valence-electron chi connectivity index (χ2n) is 5.92. The molecule has 2 heterocycles. The molecule has 0 aromatic heterocycles. The van der Waals surface area contributed by atoms with Gasteiger partial charge >= 0.3 is 5.97 Å². The van der Waals surface area contributed by atoms with E-state index in [4.69, 9.17) is 14.2 Å². The lowest BCUT2D eigenvalue weighted by atomic mass is 9.97. The minimum atomic E-state index is -0.557. The molecule has 2 fully saturated rings. The number of carbonyl (C=O) groups is 2. The summed E-state index contributed by atoms with van der Waals surface area (Å²) in [5.74, 6) is -0.915. The van der Waals surface area contributed by atoms with Gasteiger partial charge in [-0.05, 0) is 33.6 Å². The van der Waals surface area contributed by atoms with Crippen molar-refractivity contribution >= 4 is 11.9 Å². The lowest BCUT2D eigenvalue weighted by Crippen LogP contribution is -2.37. The molecule has 2 saturated heterocycles. The van der Waals surface area contributed by atoms with Crippen LogP contribution in [0.4, 0.5) is 0 Å². The van der Waals surface area contributed by atoms with Crippen molar-refractivity contribution in [3.8, 4) is 0 Å². The average molecular weight is 299 g/mol. The van der Waals surface area contributed by atoms with E-state index in [0.29, 0.717) is 26.2 Å². The number of esters is 1. The van der Waals surface area contributed by atoms with Gasteiger partial charge in [-0.15, -0.1) is 0 Å². The summed E-state index contributed by atoms with van der Waals surface area (Å²) in [6, 6.07) is 0.0742. The minimum Gasteiger partial charge on any atom is -0.465 e. The molecule has 1 amide bonds. The normalized spacial score (nSPS) is 28.1. The molecule has 6 heteroatoms. The third-order valence-electron chi connectivity index (χ3n) is 4.24. The van der Waals surface area contributed by atoms with Gasteiger partial charge in [0.2, 0.25) is 5.91 Å². The van der Waals surface area contributed by atoms with Crippen LogP contribution in [-0.2, 0) is 23.8 Å². The van der Waals surface area contributed by atoms with Crippen molar-refractivity contribution in [1.82, 2.24) is 4.90 Å². The monoisotopic (exact) mass is 299 g/mol. The van der Waals surface area contributed by atoms with Crippen molar-refractivity contribution in [3.63, 3.8) is 0 Å². The maximum Gasteiger partial charge on any atom is 0.325 e. The topological polar surface area (TPSA) is 65.1 Å². The van der Waals surface area contributed by atoms with Gasteiger partial charge in [-0.2, -0.15) is 0 Å². The highest BCUT2D eigenvalue weighted by Crippen LogP contribution is 2.32. The molecule has 2 aliphatic heterocycles. The molecule has 0 aliphatic carbocycles. The molecule has 0 bridgehead atoms. The van der Waals surface area contributed by atoms with Crippen molar-refractivity contribution in [2.24, 2.45) is 5.92 Å². The zero-order valence-corrected chi connectivity index (χ0v) is 13.1. The van der Waals surface area contributed by atoms with Gasteiger partial charge in [0, 0.05) is 18.4 Å². The first-order valence-corrected chi connectivity index (χ1v) is 7.69. The van der Waals surface area contributed by atoms with Crippen molar-refractivity contribution in [3.05, 3.63) is 0 Å². The van der Waals surface area contributed by atoms with Gasteiger partial charge in [-0.1, -0.05) is 0 Å². The standard InChI is InChI=1S/C15H25NO5/c1-4-19-13(17)10-16-11(2)9-12(14(16)18)5-6-15(3)20-7-8-21-15/h11-12H,4-10H2,1-3H3. The number of hydrogen-bond donors (Lipinski definition) is 0. The van der Waals surface area contributed by atoms with Gasteiger partial charge in [0.05, 0.1) is 19.8 Å². The van der Waals surface area contributed by atoms with Crippen LogP contribution in [0.25, 0.3) is 0 Å². The van der Waals surface area contributed by atoms with Crippen molar-refractivity contribution in [2.75, 3.05) is 26.4 Å². The Morgan fingerprint density at radius 3 is 2.71 bits per heavy atom. The van der Waals surface area contributed by atoms with Crippen LogP contribution >= 0.6 is 0 Å². The van der Waals surface area contributed by atoms with Crippen molar-refractivity contribution in [2.45, 2.75) is 51.9 Å². The van der Waals surface area contributed by atoms with Crippen LogP contribution < -0.4 is 0 Å². The third kappa shape index (κ3) is 3.95. The first kappa shape index (κ1) is 16.2. The zero-order valence-electron chi connectivity index (χ0n) is 13.1. The second-order valence-corrected chi connectivity index (χ2v) is 5.92. The van der Waals surface area contributed by atoms with Crippen LogP contribution in [-0.4, -0.2) is 55.0 Å². The fourth-order valence-electron chi connectivity index (χ4n) is 3.05. The predicted octanol–water partition coefficient (Wildman–Crippen LogP) is 1.33. The lowest BCUT2D eigenvalue weighted by Gasteiger charge is -2.23. The molecule has 120 valence electrons. The summed E-state index contributed by atoms with van der Waals surface area (Å²) in [5.41, 5.74) is 0. The van der Waals surface area contributed by atoms with E-state index >= 15 is 0 Å². The highest BCUT2D eigenvalue weighted by atomic mass is 16.7. The first-order valence-electron chi connectivity index (χ1n) is 7.69. The van der Waals surface area contributed by atoms with E-state index in [0.717, 1.165) is 12.8 Å². The predicted molar refractivity (Wildman–Crippen MR) is 75.5 cm³/mol. The number of nitrogens with zero attached hydrogens (tertiary/aromatic N) is 1. The Morgan fingerprint density at radius 1 is 1.43 bits per heavy atom. The summed E-state index contributed by atoms with van der Waals surface area (Å²) in [6.07, 6.45) is 2.19. The van der Waals surface area contributed by atoms with E-state index in [1.54, 1.807) is 11.8 Å². The van der Waals surface area contributed by atoms with Gasteiger partial charge in [0.15, 0.2) is 5.79 Å². The second kappa shape index (κ2) is 6.75. The molecular formula is C15H25NO5. The highest BCUT2D eigenvalue weighted by molar-refractivity contribution is 5.85. The molecule has 0 radical (unpaired) electrons. The quantitative estimate of drug-likeness (QED) is 0.692. The lowest BCUT2D eigenvalue weighted by molar-refractivity contribution is -0.153. The molecule has 21 heavy (non-hydrogen) atoms. The SMILES string of the molecule is CCOC(=O)CN1C(=O)C(CCC2(C)OCCO2)CC1C. The highest BCUT2D eigenvalue weighted by Gasteiger charge is 2.40. The molecule has 0 spiro atoms. The number of hydrogen-bond acceptors (Lipinski definition) is 5. The Kier molecular flexibility index (Phi) is 5.22. The van der Waals surface area contributed by atoms with Gasteiger partial charge in [-0.3, -0.25) is 9.59 Å². The van der Waals surface area contributed by atoms with Gasteiger partial charge in [0.1, 0.15) is 6.54 Å². The maximum absolute atomic E-state index is 12.4. The number of ether oxygens (including phenoxy) is 3. The summed E-state index contributed by atoms with van der Waals surface area (Å²) in [5, 5.41) is 0. The Hall–Kier alpha value is -1.14. The van der Waals surface area contributed by atoms with E-state index < -0.39 is 5.79 Å². The molecule has 0 N–H and O–H groups in total. The van der Waals surface area contributed by atoms with Crippen LogP contribution in [0, 0.1) is 5.92 Å². The van der Waals surface area contributed by atoms with Crippen molar-refractivity contribution < 1.29 is 23.8 Å². The van der Waals surface area contributed by atoms with E-state index in [-0.39, 0.29) is 30.4 Å². The largest absolute Gasteiger partial charge is 0.465 e. The Morgan fingerprint density at radius 2 is 2.10 bits per heavy atom. The van der Waals surface area contributed by atoms with E-state index in [1.165, 1.54) is 0 Å². The number of carbonyl (C=O) groups excluding carboxylic acids is 2. The van der Waals surface area contributed by atoms with Crippen LogP contribution in [0.5, 0.6) is 0 Å². The summed E-state index contributed by atoms with van der Waals surface area (Å²) in [7, 11) is 0. The molecule has 0 aromatic carbocycles. The molecular weight excluding hydrogens is 274 g/mol. The first-order chi connectivity index (χ1) is 9.95. The van der Waals surface area contributed by atoms with E-state index in [1.807, 2.05) is 13.8 Å². The maximum atomic E-state index is 12.4. The number of likely N-dealkylation sites (tertiary alicyclic amines) is 1. The Labute approximate surface area is 125 Å². The molecule has 2 unspecified atom stereocenters. The number of amides is 1. The number of rotatable bonds is 6. The summed E-state index contributed by atoms with van der Waals surface area (Å²) in [4.78, 5) is 25.6. The van der Waals surface area contributed by atoms with Gasteiger partial charge in [-0.25, -0.2) is 0 Å². The van der Waals surface area contributed by atoms with Crippen LogP contribution in [0.3, 0.4) is 0 Å². The fourth-order valence-corrected chi connectivity index (χ4v) is 3.05. The molecule has 2 aliphatic rings. The van der Waals surface area contributed by atoms with Gasteiger partial charge < -0.3 is 19.1 Å². The molecule has 0 aromatic rings. The zero-order chi connectivity index (χ0) is 15.5. The fraction of sp³-hybridized carbons (Fsp3) is 0.867. The average Bonchev–Trinajstić information content (AvgIpc) is 2.97. The van der Waals surface area contributed by atoms with Crippen LogP contribution in [0.1, 0.15) is 40.0 Å². The molecule has 0 saturated carbocycles. The smallest absolute Gasteiger partial charge is 0.325 e. The van der Waals surface area contributed by atoms with Crippen molar-refractivity contribution in [1.29, 1.82) is 0 Å². The summed E-state index contributed by atoms with van der Waals surface area (Å²) < 4.78 is 16.0. The van der Waals surface area contributed by atoms with E-state index in [2.05, 4.69) is 0 Å². The van der Waals surface area contributed by atoms with Crippen LogP contribution in [0.2, 0.25) is 0 Å². The summed E-state index contributed by atoms with van der Waals surface area (Å²) >= 11 is 0. The molecule has 2 rings (SSSR count). The Bertz CT molecular complexity index is 392. The van der Waals surface area contributed by atoms with Gasteiger partial charge in [0.25, 0.3) is 0 Å². The summed E-state index contributed by atoms with van der Waals surface area (Å²) in [6.45, 7) is 7.26. The minimum absolute atomic E-state index is 0.0390. The third-order valence-corrected chi connectivity index (χ3v) is 4.24. The molecule has 2 atom stereocenters. The van der Waals surface area contributed by atoms with E-state index in [9.17, 15) is 9.59 Å². The Balaban J connectivity index is 1.85. The van der Waals surface area contributed by atoms with Crippen LogP contribution in [0.15, 0.2) is 0 Å². The molecule has 6 nitrogen and oxygen atoms in total.